The molecule has 0 fully saturated rings. The fourth-order valence-corrected chi connectivity index (χ4v) is 3.16. The second kappa shape index (κ2) is 8.43. The monoisotopic (exact) mass is 370 g/mol. The maximum Gasteiger partial charge on any atom is 0.252 e. The third-order valence-corrected chi connectivity index (χ3v) is 5.02. The molecule has 2 N–H and O–H groups in total. The summed E-state index contributed by atoms with van der Waals surface area (Å²) in [5.41, 5.74) is 1.58. The number of amides is 1. The highest BCUT2D eigenvalue weighted by molar-refractivity contribution is 7.89. The van der Waals surface area contributed by atoms with E-state index in [2.05, 4.69) is 16.0 Å². The van der Waals surface area contributed by atoms with Crippen LogP contribution in [0.4, 0.5) is 0 Å². The smallest absolute Gasteiger partial charge is 0.252 e. The maximum atomic E-state index is 12.3. The molecule has 0 atom stereocenters. The fraction of sp³-hybridized carbons (Fsp3) is 0.158. The van der Waals surface area contributed by atoms with Crippen LogP contribution in [0.1, 0.15) is 33.2 Å². The lowest BCUT2D eigenvalue weighted by molar-refractivity contribution is 0.0957. The lowest BCUT2D eigenvalue weighted by Crippen LogP contribution is -2.24. The van der Waals surface area contributed by atoms with Crippen molar-refractivity contribution < 1.29 is 18.0 Å². The standard InChI is InChI=1S/C19H18N2O4S/c1-3-12-20-19(23)17-6-4-15(5-7-17)13-21-26(24,25)18-10-8-16(9-11-18)14(2)22/h1,4-11,21H,12-13H2,2H3,(H,20,23). The maximum absolute atomic E-state index is 12.3. The Bertz CT molecular complexity index is 941. The van der Waals surface area contributed by atoms with Gasteiger partial charge in [-0.2, -0.15) is 0 Å². The van der Waals surface area contributed by atoms with E-state index in [1.807, 2.05) is 0 Å². The van der Waals surface area contributed by atoms with Gasteiger partial charge >= 0.3 is 0 Å². The molecule has 2 aromatic rings. The Morgan fingerprint density at radius 3 is 2.12 bits per heavy atom. The minimum atomic E-state index is -3.70. The van der Waals surface area contributed by atoms with Gasteiger partial charge in [0, 0.05) is 17.7 Å². The zero-order valence-electron chi connectivity index (χ0n) is 14.2. The molecule has 7 heteroatoms. The van der Waals surface area contributed by atoms with Gasteiger partial charge < -0.3 is 5.32 Å². The molecule has 0 unspecified atom stereocenters. The number of terminal acetylenes is 1. The Hall–Kier alpha value is -2.95. The Labute approximate surface area is 152 Å². The summed E-state index contributed by atoms with van der Waals surface area (Å²) in [5.74, 6) is 1.89. The van der Waals surface area contributed by atoms with Gasteiger partial charge in [-0.1, -0.05) is 30.2 Å². The normalized spacial score (nSPS) is 10.8. The average molecular weight is 370 g/mol. The molecule has 1 amide bonds. The van der Waals surface area contributed by atoms with E-state index in [1.165, 1.54) is 31.2 Å². The van der Waals surface area contributed by atoms with Crippen LogP contribution in [0.2, 0.25) is 0 Å². The summed E-state index contributed by atoms with van der Waals surface area (Å²) < 4.78 is 27.1. The van der Waals surface area contributed by atoms with Gasteiger partial charge in [0.15, 0.2) is 5.78 Å². The van der Waals surface area contributed by atoms with Gasteiger partial charge in [-0.05, 0) is 36.8 Å². The number of rotatable bonds is 7. The zero-order chi connectivity index (χ0) is 19.2. The highest BCUT2D eigenvalue weighted by atomic mass is 32.2. The lowest BCUT2D eigenvalue weighted by Gasteiger charge is -2.08. The number of ketones is 1. The van der Waals surface area contributed by atoms with Crippen LogP contribution in [0.3, 0.4) is 0 Å². The van der Waals surface area contributed by atoms with E-state index in [0.717, 1.165) is 0 Å². The summed E-state index contributed by atoms with van der Waals surface area (Å²) in [4.78, 5) is 23.1. The van der Waals surface area contributed by atoms with E-state index >= 15 is 0 Å². The van der Waals surface area contributed by atoms with E-state index < -0.39 is 10.0 Å². The number of Topliss-reactive ketones (excluding diaryl/α,β-unsaturated/α-hetero) is 1. The van der Waals surface area contributed by atoms with Gasteiger partial charge in [-0.15, -0.1) is 6.42 Å². The van der Waals surface area contributed by atoms with E-state index in [9.17, 15) is 18.0 Å². The first-order valence-corrected chi connectivity index (χ1v) is 9.23. The predicted octanol–water partition coefficient (Wildman–Crippen LogP) is 1.73. The summed E-state index contributed by atoms with van der Waals surface area (Å²) >= 11 is 0. The Balaban J connectivity index is 2.02. The molecule has 0 bridgehead atoms. The largest absolute Gasteiger partial charge is 0.341 e. The molecule has 0 aromatic heterocycles. The molecular formula is C19H18N2O4S. The zero-order valence-corrected chi connectivity index (χ0v) is 15.0. The lowest BCUT2D eigenvalue weighted by atomic mass is 10.1. The Morgan fingerprint density at radius 1 is 1.00 bits per heavy atom. The first kappa shape index (κ1) is 19.4. The van der Waals surface area contributed by atoms with Crippen LogP contribution in [0, 0.1) is 12.3 Å². The average Bonchev–Trinajstić information content (AvgIpc) is 2.65. The summed E-state index contributed by atoms with van der Waals surface area (Å²) in [7, 11) is -3.70. The minimum absolute atomic E-state index is 0.0725. The van der Waals surface area contributed by atoms with Crippen LogP contribution in [0.15, 0.2) is 53.4 Å². The van der Waals surface area contributed by atoms with Crippen molar-refractivity contribution in [2.24, 2.45) is 0 Å². The molecule has 6 nitrogen and oxygen atoms in total. The molecule has 0 aliphatic heterocycles. The van der Waals surface area contributed by atoms with Gasteiger partial charge in [0.1, 0.15) is 0 Å². The second-order valence-corrected chi connectivity index (χ2v) is 7.26. The van der Waals surface area contributed by atoms with Crippen LogP contribution >= 0.6 is 0 Å². The van der Waals surface area contributed by atoms with Crippen molar-refractivity contribution in [1.29, 1.82) is 0 Å². The van der Waals surface area contributed by atoms with Crippen molar-refractivity contribution in [1.82, 2.24) is 10.0 Å². The Morgan fingerprint density at radius 2 is 1.58 bits per heavy atom. The molecule has 134 valence electrons. The van der Waals surface area contributed by atoms with Crippen molar-refractivity contribution in [2.45, 2.75) is 18.4 Å². The number of sulfonamides is 1. The molecule has 0 saturated carbocycles. The fourth-order valence-electron chi connectivity index (χ4n) is 2.14. The molecule has 0 saturated heterocycles. The third kappa shape index (κ3) is 5.02. The molecule has 26 heavy (non-hydrogen) atoms. The molecule has 2 aromatic carbocycles. The summed E-state index contributed by atoms with van der Waals surface area (Å²) in [6.45, 7) is 1.63. The van der Waals surface area contributed by atoms with Crippen molar-refractivity contribution in [2.75, 3.05) is 6.54 Å². The molecule has 0 aliphatic carbocycles. The van der Waals surface area contributed by atoms with E-state index in [4.69, 9.17) is 6.42 Å². The predicted molar refractivity (Wildman–Crippen MR) is 98.1 cm³/mol. The molecule has 2 rings (SSSR count). The quantitative estimate of drug-likeness (QED) is 0.573. The van der Waals surface area contributed by atoms with Crippen molar-refractivity contribution in [3.05, 3.63) is 65.2 Å². The van der Waals surface area contributed by atoms with E-state index in [-0.39, 0.29) is 29.7 Å². The summed E-state index contributed by atoms with van der Waals surface area (Å²) in [5, 5.41) is 2.55. The van der Waals surface area contributed by atoms with Crippen LogP contribution in [0.25, 0.3) is 0 Å². The topological polar surface area (TPSA) is 92.3 Å². The SMILES string of the molecule is C#CCNC(=O)c1ccc(CNS(=O)(=O)c2ccc(C(C)=O)cc2)cc1. The highest BCUT2D eigenvalue weighted by Gasteiger charge is 2.14. The molecular weight excluding hydrogens is 352 g/mol. The molecule has 0 radical (unpaired) electrons. The Kier molecular flexibility index (Phi) is 6.28. The number of hydrogen-bond acceptors (Lipinski definition) is 4. The van der Waals surface area contributed by atoms with Gasteiger partial charge in [-0.3, -0.25) is 9.59 Å². The van der Waals surface area contributed by atoms with Gasteiger partial charge in [0.25, 0.3) is 5.91 Å². The number of benzene rings is 2. The first-order chi connectivity index (χ1) is 12.3. The van der Waals surface area contributed by atoms with E-state index in [1.54, 1.807) is 24.3 Å². The number of carbonyl (C=O) groups is 2. The number of hydrogen-bond donors (Lipinski definition) is 2. The van der Waals surface area contributed by atoms with Crippen molar-refractivity contribution >= 4 is 21.7 Å². The van der Waals surface area contributed by atoms with Crippen LogP contribution in [0.5, 0.6) is 0 Å². The molecule has 0 spiro atoms. The molecule has 0 aliphatic rings. The van der Waals surface area contributed by atoms with Gasteiger partial charge in [-0.25, -0.2) is 13.1 Å². The van der Waals surface area contributed by atoms with Gasteiger partial charge in [0.05, 0.1) is 11.4 Å². The molecule has 0 heterocycles. The summed E-state index contributed by atoms with van der Waals surface area (Å²) in [6, 6.07) is 12.2. The van der Waals surface area contributed by atoms with Crippen LogP contribution in [-0.2, 0) is 16.6 Å². The third-order valence-electron chi connectivity index (χ3n) is 3.60. The van der Waals surface area contributed by atoms with Crippen LogP contribution < -0.4 is 10.0 Å². The number of carbonyl (C=O) groups excluding carboxylic acids is 2. The van der Waals surface area contributed by atoms with Crippen LogP contribution in [-0.4, -0.2) is 26.7 Å². The minimum Gasteiger partial charge on any atom is -0.341 e. The first-order valence-electron chi connectivity index (χ1n) is 7.75. The number of nitrogens with one attached hydrogen (secondary N) is 2. The van der Waals surface area contributed by atoms with Crippen molar-refractivity contribution in [3.8, 4) is 12.3 Å². The summed E-state index contributed by atoms with van der Waals surface area (Å²) in [6.07, 6.45) is 5.08. The second-order valence-electron chi connectivity index (χ2n) is 5.49. The van der Waals surface area contributed by atoms with E-state index in [0.29, 0.717) is 16.7 Å². The van der Waals surface area contributed by atoms with Crippen molar-refractivity contribution in [3.63, 3.8) is 0 Å². The highest BCUT2D eigenvalue weighted by Crippen LogP contribution is 2.12. The van der Waals surface area contributed by atoms with Gasteiger partial charge in [0.2, 0.25) is 10.0 Å².